The predicted octanol–water partition coefficient (Wildman–Crippen LogP) is 5.32. The highest BCUT2D eigenvalue weighted by molar-refractivity contribution is 8.04. The van der Waals surface area contributed by atoms with Crippen LogP contribution in [0.15, 0.2) is 35.3 Å². The molecule has 1 fully saturated rings. The molecule has 0 saturated carbocycles. The highest BCUT2D eigenvalue weighted by atomic mass is 32.2. The van der Waals surface area contributed by atoms with E-state index in [1.54, 1.807) is 22.3 Å². The molecule has 0 spiro atoms. The number of hydrogen-bond acceptors (Lipinski definition) is 7. The topological polar surface area (TPSA) is 59.1 Å². The Balaban J connectivity index is 1.73. The lowest BCUT2D eigenvalue weighted by atomic mass is 10.2. The SMILES string of the molecule is CCOc1cc2cc(C=CC=C3SCN(C(=S)C(=O)N(CC)CC)C3=O)sc2cc1OCC. The first-order chi connectivity index (χ1) is 15.9. The number of thiophene rings is 1. The Bertz CT molecular complexity index is 1060. The molecule has 1 aliphatic rings. The second kappa shape index (κ2) is 11.7. The van der Waals surface area contributed by atoms with Crippen LogP contribution in [-0.4, -0.2) is 58.8 Å². The number of nitrogens with zero attached hydrogens (tertiary/aromatic N) is 2. The van der Waals surface area contributed by atoms with Gasteiger partial charge in [0.15, 0.2) is 16.5 Å². The minimum atomic E-state index is -0.274. The van der Waals surface area contributed by atoms with E-state index in [9.17, 15) is 9.59 Å². The van der Waals surface area contributed by atoms with E-state index >= 15 is 0 Å². The van der Waals surface area contributed by atoms with Crippen molar-refractivity contribution < 1.29 is 19.1 Å². The third-order valence-electron chi connectivity index (χ3n) is 4.99. The fraction of sp³-hybridized carbons (Fsp3) is 0.375. The van der Waals surface area contributed by atoms with Crippen LogP contribution >= 0.6 is 35.3 Å². The van der Waals surface area contributed by atoms with E-state index in [-0.39, 0.29) is 16.8 Å². The zero-order valence-corrected chi connectivity index (χ0v) is 21.7. The highest BCUT2D eigenvalue weighted by Gasteiger charge is 2.33. The number of amides is 2. The van der Waals surface area contributed by atoms with Crippen molar-refractivity contribution in [2.75, 3.05) is 32.2 Å². The van der Waals surface area contributed by atoms with Crippen LogP contribution in [0.1, 0.15) is 32.6 Å². The van der Waals surface area contributed by atoms with Gasteiger partial charge in [-0.2, -0.15) is 0 Å². The molecule has 6 nitrogen and oxygen atoms in total. The lowest BCUT2D eigenvalue weighted by Crippen LogP contribution is -2.44. The number of carbonyl (C=O) groups is 2. The Labute approximate surface area is 208 Å². The Kier molecular flexibility index (Phi) is 8.94. The summed E-state index contributed by atoms with van der Waals surface area (Å²) in [6.45, 7) is 9.95. The smallest absolute Gasteiger partial charge is 0.281 e. The van der Waals surface area contributed by atoms with Gasteiger partial charge in [-0.15, -0.1) is 11.3 Å². The van der Waals surface area contributed by atoms with Crippen molar-refractivity contribution in [2.24, 2.45) is 0 Å². The number of thiocarbonyl (C=S) groups is 1. The van der Waals surface area contributed by atoms with Crippen LogP contribution in [0.2, 0.25) is 0 Å². The molecule has 33 heavy (non-hydrogen) atoms. The van der Waals surface area contributed by atoms with E-state index in [0.717, 1.165) is 26.5 Å². The summed E-state index contributed by atoms with van der Waals surface area (Å²) in [6.07, 6.45) is 5.60. The largest absolute Gasteiger partial charge is 0.490 e. The molecule has 176 valence electrons. The van der Waals surface area contributed by atoms with Gasteiger partial charge >= 0.3 is 0 Å². The van der Waals surface area contributed by atoms with Crippen LogP contribution < -0.4 is 9.47 Å². The van der Waals surface area contributed by atoms with Crippen LogP contribution in [0.4, 0.5) is 0 Å². The summed E-state index contributed by atoms with van der Waals surface area (Å²) in [5.74, 6) is 1.34. The van der Waals surface area contributed by atoms with E-state index in [4.69, 9.17) is 21.7 Å². The molecule has 1 aromatic heterocycles. The minimum absolute atomic E-state index is 0.0586. The van der Waals surface area contributed by atoms with Gasteiger partial charge in [-0.05, 0) is 57.4 Å². The normalized spacial score (nSPS) is 15.1. The summed E-state index contributed by atoms with van der Waals surface area (Å²) < 4.78 is 12.5. The highest BCUT2D eigenvalue weighted by Crippen LogP contribution is 2.37. The zero-order chi connectivity index (χ0) is 24.0. The van der Waals surface area contributed by atoms with Crippen molar-refractivity contribution in [1.82, 2.24) is 9.80 Å². The van der Waals surface area contributed by atoms with Crippen LogP contribution in [0.25, 0.3) is 16.2 Å². The Morgan fingerprint density at radius 2 is 1.79 bits per heavy atom. The zero-order valence-electron chi connectivity index (χ0n) is 19.3. The number of thioether (sulfide) groups is 1. The molecule has 0 bridgehead atoms. The molecule has 0 N–H and O–H groups in total. The summed E-state index contributed by atoms with van der Waals surface area (Å²) >= 11 is 8.32. The maximum atomic E-state index is 12.8. The number of hydrogen-bond donors (Lipinski definition) is 0. The first kappa shape index (κ1) is 25.3. The monoisotopic (exact) mass is 504 g/mol. The summed E-state index contributed by atoms with van der Waals surface area (Å²) in [4.78, 5) is 29.9. The van der Waals surface area contributed by atoms with Crippen molar-refractivity contribution in [1.29, 1.82) is 0 Å². The molecule has 1 aromatic carbocycles. The number of rotatable bonds is 8. The van der Waals surface area contributed by atoms with Gasteiger partial charge in [0, 0.05) is 28.7 Å². The maximum Gasteiger partial charge on any atom is 0.281 e. The number of carbonyl (C=O) groups excluding carboxylic acids is 2. The maximum absolute atomic E-state index is 12.8. The molecule has 0 radical (unpaired) electrons. The number of likely N-dealkylation sites (N-methyl/N-ethyl adjacent to an activating group) is 1. The molecule has 3 rings (SSSR count). The first-order valence-corrected chi connectivity index (χ1v) is 13.1. The Hall–Kier alpha value is -2.36. The minimum Gasteiger partial charge on any atom is -0.490 e. The molecule has 2 amide bonds. The van der Waals surface area contributed by atoms with E-state index < -0.39 is 0 Å². The molecular weight excluding hydrogens is 476 g/mol. The van der Waals surface area contributed by atoms with Crippen molar-refractivity contribution in [3.63, 3.8) is 0 Å². The van der Waals surface area contributed by atoms with Gasteiger partial charge in [-0.25, -0.2) is 0 Å². The van der Waals surface area contributed by atoms with Gasteiger partial charge in [0.1, 0.15) is 0 Å². The summed E-state index contributed by atoms with van der Waals surface area (Å²) in [6, 6.07) is 6.09. The molecule has 2 heterocycles. The third-order valence-corrected chi connectivity index (χ3v) is 7.46. The van der Waals surface area contributed by atoms with Gasteiger partial charge in [0.25, 0.3) is 11.8 Å². The van der Waals surface area contributed by atoms with Gasteiger partial charge < -0.3 is 14.4 Å². The summed E-state index contributed by atoms with van der Waals surface area (Å²) in [5.41, 5.74) is 0. The van der Waals surface area contributed by atoms with Gasteiger partial charge in [0.05, 0.1) is 24.0 Å². The number of allylic oxidation sites excluding steroid dienone is 2. The molecule has 9 heteroatoms. The average molecular weight is 505 g/mol. The molecule has 0 atom stereocenters. The molecule has 1 saturated heterocycles. The van der Waals surface area contributed by atoms with Crippen LogP contribution in [0, 0.1) is 0 Å². The lowest BCUT2D eigenvalue weighted by Gasteiger charge is -2.22. The molecule has 1 aliphatic heterocycles. The van der Waals surface area contributed by atoms with E-state index in [1.165, 1.54) is 16.7 Å². The van der Waals surface area contributed by atoms with Crippen LogP contribution in [0.5, 0.6) is 11.5 Å². The summed E-state index contributed by atoms with van der Waals surface area (Å²) in [5, 5.41) is 1.08. The number of ether oxygens (including phenoxy) is 2. The van der Waals surface area contributed by atoms with E-state index in [0.29, 0.717) is 37.1 Å². The number of fused-ring (bicyclic) bond motifs is 1. The third kappa shape index (κ3) is 5.77. The fourth-order valence-electron chi connectivity index (χ4n) is 3.34. The summed E-state index contributed by atoms with van der Waals surface area (Å²) in [7, 11) is 0. The first-order valence-electron chi connectivity index (χ1n) is 10.9. The van der Waals surface area contributed by atoms with Crippen LogP contribution in [-0.2, 0) is 9.59 Å². The molecular formula is C24H28N2O4S3. The quantitative estimate of drug-likeness (QED) is 0.358. The van der Waals surface area contributed by atoms with Crippen molar-refractivity contribution in [3.05, 3.63) is 40.1 Å². The molecule has 0 aliphatic carbocycles. The Morgan fingerprint density at radius 3 is 2.42 bits per heavy atom. The van der Waals surface area contributed by atoms with Gasteiger partial charge in [-0.3, -0.25) is 14.5 Å². The average Bonchev–Trinajstić information content (AvgIpc) is 3.37. The Morgan fingerprint density at radius 1 is 1.12 bits per heavy atom. The lowest BCUT2D eigenvalue weighted by molar-refractivity contribution is -0.127. The predicted molar refractivity (Wildman–Crippen MR) is 141 cm³/mol. The molecule has 0 unspecified atom stereocenters. The molecule has 2 aromatic rings. The second-order valence-electron chi connectivity index (χ2n) is 7.03. The van der Waals surface area contributed by atoms with Gasteiger partial charge in [0.2, 0.25) is 0 Å². The van der Waals surface area contributed by atoms with E-state index in [2.05, 4.69) is 6.07 Å². The van der Waals surface area contributed by atoms with Crippen molar-refractivity contribution >= 4 is 68.3 Å². The van der Waals surface area contributed by atoms with Crippen molar-refractivity contribution in [3.8, 4) is 11.5 Å². The fourth-order valence-corrected chi connectivity index (χ4v) is 5.61. The second-order valence-corrected chi connectivity index (χ2v) is 9.52. The van der Waals surface area contributed by atoms with E-state index in [1.807, 2.05) is 52.0 Å². The number of benzene rings is 1. The standard InChI is InChI=1S/C24H28N2O4S3/c1-5-25(6-2)23(28)24(31)26-15-32-20(22(26)27)11-9-10-17-12-16-13-18(29-7-3)19(30-8-4)14-21(16)33-17/h9-14H,5-8,15H2,1-4H3. The van der Waals surface area contributed by atoms with Crippen LogP contribution in [0.3, 0.4) is 0 Å². The van der Waals surface area contributed by atoms with Crippen molar-refractivity contribution in [2.45, 2.75) is 27.7 Å². The van der Waals surface area contributed by atoms with Gasteiger partial charge in [-0.1, -0.05) is 30.1 Å².